The lowest BCUT2D eigenvalue weighted by atomic mass is 9.79. The Morgan fingerprint density at radius 3 is 2.59 bits per heavy atom. The molecule has 0 radical (unpaired) electrons. The zero-order chi connectivity index (χ0) is 11.7. The molecule has 0 amide bonds. The molecule has 3 fully saturated rings. The topological polar surface area (TPSA) is 35.5 Å². The van der Waals surface area contributed by atoms with Crippen molar-refractivity contribution < 1.29 is 14.3 Å². The van der Waals surface area contributed by atoms with E-state index in [9.17, 15) is 4.79 Å². The van der Waals surface area contributed by atoms with Gasteiger partial charge in [0.05, 0.1) is 12.2 Å². The Labute approximate surface area is 103 Å². The second-order valence-electron chi connectivity index (χ2n) is 5.91. The molecule has 3 aliphatic rings. The first-order valence-corrected chi connectivity index (χ1v) is 7.05. The Hall–Kier alpha value is -0.410. The van der Waals surface area contributed by atoms with Gasteiger partial charge in [0.1, 0.15) is 5.78 Å². The van der Waals surface area contributed by atoms with E-state index in [1.807, 2.05) is 0 Å². The molecule has 1 spiro atoms. The van der Waals surface area contributed by atoms with Gasteiger partial charge in [0.25, 0.3) is 0 Å². The highest BCUT2D eigenvalue weighted by Gasteiger charge is 2.44. The Bertz CT molecular complexity index is 288. The minimum atomic E-state index is -0.114. The van der Waals surface area contributed by atoms with Crippen molar-refractivity contribution >= 4 is 5.78 Å². The van der Waals surface area contributed by atoms with Crippen LogP contribution in [0, 0.1) is 11.8 Å². The van der Waals surface area contributed by atoms with Crippen LogP contribution in [0.5, 0.6) is 0 Å². The van der Waals surface area contributed by atoms with Crippen LogP contribution in [0.3, 0.4) is 0 Å². The maximum Gasteiger partial charge on any atom is 0.139 e. The molecule has 1 aliphatic carbocycles. The second kappa shape index (κ2) is 4.69. The molecule has 3 rings (SSSR count). The van der Waals surface area contributed by atoms with Gasteiger partial charge in [0.2, 0.25) is 0 Å². The maximum absolute atomic E-state index is 12.4. The first kappa shape index (κ1) is 11.7. The van der Waals surface area contributed by atoms with Gasteiger partial charge < -0.3 is 9.47 Å². The summed E-state index contributed by atoms with van der Waals surface area (Å²) in [5, 5.41) is 0. The summed E-state index contributed by atoms with van der Waals surface area (Å²) in [5.74, 6) is 1.13. The molecule has 2 saturated heterocycles. The molecule has 2 heterocycles. The van der Waals surface area contributed by atoms with E-state index < -0.39 is 0 Å². The average molecular weight is 238 g/mol. The molecular weight excluding hydrogens is 216 g/mol. The van der Waals surface area contributed by atoms with Crippen molar-refractivity contribution in [3.05, 3.63) is 0 Å². The van der Waals surface area contributed by atoms with Crippen LogP contribution < -0.4 is 0 Å². The number of rotatable bonds is 2. The van der Waals surface area contributed by atoms with E-state index in [0.29, 0.717) is 18.3 Å². The summed E-state index contributed by atoms with van der Waals surface area (Å²) in [7, 11) is 0. The highest BCUT2D eigenvalue weighted by Crippen LogP contribution is 2.39. The number of carbonyl (C=O) groups excluding carboxylic acids is 1. The smallest absolute Gasteiger partial charge is 0.139 e. The fourth-order valence-corrected chi connectivity index (χ4v) is 3.68. The van der Waals surface area contributed by atoms with E-state index in [-0.39, 0.29) is 11.5 Å². The Balaban J connectivity index is 1.64. The van der Waals surface area contributed by atoms with E-state index in [2.05, 4.69) is 0 Å². The molecule has 3 nitrogen and oxygen atoms in total. The minimum Gasteiger partial charge on any atom is -0.378 e. The quantitative estimate of drug-likeness (QED) is 0.740. The van der Waals surface area contributed by atoms with Crippen molar-refractivity contribution in [1.29, 1.82) is 0 Å². The van der Waals surface area contributed by atoms with Crippen molar-refractivity contribution in [2.75, 3.05) is 19.8 Å². The van der Waals surface area contributed by atoms with Gasteiger partial charge in [-0.05, 0) is 25.7 Å². The summed E-state index contributed by atoms with van der Waals surface area (Å²) in [5.41, 5.74) is -0.114. The van der Waals surface area contributed by atoms with Crippen molar-refractivity contribution in [1.82, 2.24) is 0 Å². The number of ketones is 1. The van der Waals surface area contributed by atoms with Gasteiger partial charge in [0, 0.05) is 31.5 Å². The third-order valence-electron chi connectivity index (χ3n) is 4.72. The highest BCUT2D eigenvalue weighted by molar-refractivity contribution is 5.83. The predicted molar refractivity (Wildman–Crippen MR) is 63.8 cm³/mol. The van der Waals surface area contributed by atoms with Crippen LogP contribution in [0.1, 0.15) is 44.9 Å². The molecule has 2 aliphatic heterocycles. The van der Waals surface area contributed by atoms with Crippen molar-refractivity contribution in [2.45, 2.75) is 50.5 Å². The first-order chi connectivity index (χ1) is 8.29. The molecule has 2 unspecified atom stereocenters. The average Bonchev–Trinajstić information content (AvgIpc) is 3.00. The van der Waals surface area contributed by atoms with Crippen molar-refractivity contribution in [3.8, 4) is 0 Å². The van der Waals surface area contributed by atoms with Crippen molar-refractivity contribution in [3.63, 3.8) is 0 Å². The molecule has 3 heteroatoms. The molecule has 0 aromatic rings. The van der Waals surface area contributed by atoms with Crippen molar-refractivity contribution in [2.24, 2.45) is 11.8 Å². The van der Waals surface area contributed by atoms with Gasteiger partial charge in [-0.3, -0.25) is 4.79 Å². The van der Waals surface area contributed by atoms with Crippen LogP contribution in [-0.2, 0) is 14.3 Å². The number of ether oxygens (including phenoxy) is 2. The number of hydrogen-bond donors (Lipinski definition) is 0. The predicted octanol–water partition coefficient (Wildman–Crippen LogP) is 2.33. The lowest BCUT2D eigenvalue weighted by Gasteiger charge is -2.37. The molecule has 0 N–H and O–H groups in total. The first-order valence-electron chi connectivity index (χ1n) is 7.05. The number of hydrogen-bond acceptors (Lipinski definition) is 3. The summed E-state index contributed by atoms with van der Waals surface area (Å²) in [6, 6.07) is 0. The molecule has 1 saturated carbocycles. The van der Waals surface area contributed by atoms with Gasteiger partial charge in [0.15, 0.2) is 0 Å². The summed E-state index contributed by atoms with van der Waals surface area (Å²) < 4.78 is 11.3. The molecule has 0 bridgehead atoms. The Morgan fingerprint density at radius 1 is 1.06 bits per heavy atom. The van der Waals surface area contributed by atoms with E-state index in [1.165, 1.54) is 12.8 Å². The van der Waals surface area contributed by atoms with Gasteiger partial charge in [-0.15, -0.1) is 0 Å². The van der Waals surface area contributed by atoms with Crippen LogP contribution in [0.2, 0.25) is 0 Å². The van der Waals surface area contributed by atoms with E-state index in [1.54, 1.807) is 0 Å². The van der Waals surface area contributed by atoms with Crippen LogP contribution in [0.15, 0.2) is 0 Å². The number of carbonyl (C=O) groups is 1. The Morgan fingerprint density at radius 2 is 1.88 bits per heavy atom. The SMILES string of the molecule is O=C(C1CCCC1)C1CCOC2(CCOC2)C1. The van der Waals surface area contributed by atoms with Gasteiger partial charge in [-0.25, -0.2) is 0 Å². The summed E-state index contributed by atoms with van der Waals surface area (Å²) >= 11 is 0. The molecule has 2 atom stereocenters. The molecule has 0 aromatic carbocycles. The van der Waals surface area contributed by atoms with Crippen LogP contribution in [0.25, 0.3) is 0 Å². The Kier molecular flexibility index (Phi) is 3.22. The molecule has 17 heavy (non-hydrogen) atoms. The van der Waals surface area contributed by atoms with Crippen LogP contribution in [0.4, 0.5) is 0 Å². The molecular formula is C14H22O3. The highest BCUT2D eigenvalue weighted by atomic mass is 16.6. The molecule has 0 aromatic heterocycles. The van der Waals surface area contributed by atoms with Gasteiger partial charge in [-0.1, -0.05) is 12.8 Å². The normalized spacial score (nSPS) is 38.9. The lowest BCUT2D eigenvalue weighted by Crippen LogP contribution is -2.43. The van der Waals surface area contributed by atoms with E-state index in [4.69, 9.17) is 9.47 Å². The second-order valence-corrected chi connectivity index (χ2v) is 5.91. The fraction of sp³-hybridized carbons (Fsp3) is 0.929. The summed E-state index contributed by atoms with van der Waals surface area (Å²) in [6.45, 7) is 2.23. The zero-order valence-corrected chi connectivity index (χ0v) is 10.5. The van der Waals surface area contributed by atoms with Gasteiger partial charge in [-0.2, -0.15) is 0 Å². The summed E-state index contributed by atoms with van der Waals surface area (Å²) in [4.78, 5) is 12.4. The maximum atomic E-state index is 12.4. The standard InChI is InChI=1S/C14H22O3/c15-13(11-3-1-2-4-11)12-5-7-17-14(9-12)6-8-16-10-14/h11-12H,1-10H2. The van der Waals surface area contributed by atoms with Crippen LogP contribution >= 0.6 is 0 Å². The third-order valence-corrected chi connectivity index (χ3v) is 4.72. The zero-order valence-electron chi connectivity index (χ0n) is 10.5. The lowest BCUT2D eigenvalue weighted by molar-refractivity contribution is -0.140. The number of Topliss-reactive ketones (excluding diaryl/α,β-unsaturated/α-hetero) is 1. The fourth-order valence-electron chi connectivity index (χ4n) is 3.68. The molecule has 96 valence electrons. The third kappa shape index (κ3) is 2.27. The van der Waals surface area contributed by atoms with Gasteiger partial charge >= 0.3 is 0 Å². The van der Waals surface area contributed by atoms with E-state index >= 15 is 0 Å². The van der Waals surface area contributed by atoms with E-state index in [0.717, 1.165) is 45.3 Å². The largest absolute Gasteiger partial charge is 0.378 e. The minimum absolute atomic E-state index is 0.114. The van der Waals surface area contributed by atoms with Crippen LogP contribution in [-0.4, -0.2) is 31.2 Å². The summed E-state index contributed by atoms with van der Waals surface area (Å²) in [6.07, 6.45) is 7.54. The monoisotopic (exact) mass is 238 g/mol.